The number of amides is 1. The van der Waals surface area contributed by atoms with Crippen LogP contribution in [0.25, 0.3) is 0 Å². The maximum absolute atomic E-state index is 12.8. The number of nitrogens with zero attached hydrogens (tertiary/aromatic N) is 3. The van der Waals surface area contributed by atoms with Gasteiger partial charge in [0.25, 0.3) is 11.5 Å². The van der Waals surface area contributed by atoms with Crippen LogP contribution in [-0.4, -0.2) is 48.6 Å². The summed E-state index contributed by atoms with van der Waals surface area (Å²) < 4.78 is 12.5. The average Bonchev–Trinajstić information content (AvgIpc) is 2.73. The van der Waals surface area contributed by atoms with E-state index in [1.165, 1.54) is 10.9 Å². The molecule has 0 spiro atoms. The summed E-state index contributed by atoms with van der Waals surface area (Å²) in [7, 11) is 0. The van der Waals surface area contributed by atoms with Gasteiger partial charge in [-0.25, -0.2) is 4.68 Å². The molecule has 1 fully saturated rings. The number of benzene rings is 1. The summed E-state index contributed by atoms with van der Waals surface area (Å²) in [6.45, 7) is 8.57. The third-order valence-electron chi connectivity index (χ3n) is 4.82. The van der Waals surface area contributed by atoms with Crippen molar-refractivity contribution in [1.29, 1.82) is 0 Å². The van der Waals surface area contributed by atoms with Crippen molar-refractivity contribution in [3.8, 4) is 5.75 Å². The molecule has 1 saturated heterocycles. The number of anilines is 2. The molecule has 1 aromatic carbocycles. The summed E-state index contributed by atoms with van der Waals surface area (Å²) >= 11 is 0. The molecule has 0 saturated carbocycles. The Bertz CT molecular complexity index is 904. The Morgan fingerprint density at radius 2 is 2.00 bits per heavy atom. The maximum Gasteiger partial charge on any atom is 0.292 e. The number of carbonyl (C=O) groups excluding carboxylic acids is 1. The molecule has 1 aromatic heterocycles. The number of hydrogen-bond donors (Lipinski definition) is 1. The molecule has 3 rings (SSSR count). The third-order valence-corrected chi connectivity index (χ3v) is 4.82. The maximum atomic E-state index is 12.8. The summed E-state index contributed by atoms with van der Waals surface area (Å²) in [5.74, 6) is 0.632. The van der Waals surface area contributed by atoms with Crippen LogP contribution in [0.1, 0.15) is 32.3 Å². The molecule has 8 heteroatoms. The molecule has 1 aliphatic heterocycles. The highest BCUT2D eigenvalue weighted by Gasteiger charge is 2.21. The van der Waals surface area contributed by atoms with Crippen LogP contribution in [0, 0.1) is 0 Å². The van der Waals surface area contributed by atoms with Crippen LogP contribution >= 0.6 is 0 Å². The van der Waals surface area contributed by atoms with Gasteiger partial charge in [-0.05, 0) is 24.5 Å². The number of ether oxygens (including phenoxy) is 2. The predicted molar refractivity (Wildman–Crippen MR) is 112 cm³/mol. The fraction of sp³-hybridized carbons (Fsp3) is 0.476. The number of carbonyl (C=O) groups is 1. The van der Waals surface area contributed by atoms with E-state index in [0.717, 1.165) is 5.56 Å². The summed E-state index contributed by atoms with van der Waals surface area (Å²) in [5.41, 5.74) is 1.66. The van der Waals surface area contributed by atoms with E-state index in [9.17, 15) is 9.59 Å². The third kappa shape index (κ3) is 4.95. The smallest absolute Gasteiger partial charge is 0.292 e. The van der Waals surface area contributed by atoms with Crippen LogP contribution in [0.2, 0.25) is 0 Å². The lowest BCUT2D eigenvalue weighted by Gasteiger charge is -2.29. The molecule has 0 bridgehead atoms. The van der Waals surface area contributed by atoms with Gasteiger partial charge < -0.3 is 19.7 Å². The summed E-state index contributed by atoms with van der Waals surface area (Å²) in [6.07, 6.45) is 1.52. The van der Waals surface area contributed by atoms with Crippen molar-refractivity contribution in [2.75, 3.05) is 43.1 Å². The highest BCUT2D eigenvalue weighted by molar-refractivity contribution is 5.95. The van der Waals surface area contributed by atoms with E-state index >= 15 is 0 Å². The Balaban J connectivity index is 1.76. The highest BCUT2D eigenvalue weighted by Crippen LogP contribution is 2.26. The summed E-state index contributed by atoms with van der Waals surface area (Å²) in [5, 5.41) is 6.95. The molecule has 1 N–H and O–H groups in total. The zero-order valence-electron chi connectivity index (χ0n) is 17.2. The van der Waals surface area contributed by atoms with Crippen molar-refractivity contribution in [3.05, 3.63) is 46.4 Å². The van der Waals surface area contributed by atoms with Crippen LogP contribution in [0.3, 0.4) is 0 Å². The summed E-state index contributed by atoms with van der Waals surface area (Å²) in [4.78, 5) is 27.3. The van der Waals surface area contributed by atoms with Gasteiger partial charge in [-0.1, -0.05) is 32.0 Å². The number of rotatable bonds is 7. The zero-order valence-corrected chi connectivity index (χ0v) is 17.2. The van der Waals surface area contributed by atoms with Crippen molar-refractivity contribution in [2.24, 2.45) is 0 Å². The van der Waals surface area contributed by atoms with E-state index < -0.39 is 0 Å². The first-order valence-corrected chi connectivity index (χ1v) is 9.95. The van der Waals surface area contributed by atoms with Gasteiger partial charge in [0.05, 0.1) is 25.1 Å². The van der Waals surface area contributed by atoms with Gasteiger partial charge in [-0.15, -0.1) is 0 Å². The number of para-hydroxylation sites is 1. The van der Waals surface area contributed by atoms with Gasteiger partial charge >= 0.3 is 0 Å². The number of morpholine rings is 1. The van der Waals surface area contributed by atoms with Crippen LogP contribution < -0.4 is 20.5 Å². The van der Waals surface area contributed by atoms with Gasteiger partial charge in [0.1, 0.15) is 11.4 Å². The Labute approximate surface area is 170 Å². The molecular formula is C21H28N4O4. The van der Waals surface area contributed by atoms with E-state index in [4.69, 9.17) is 9.47 Å². The Hall–Kier alpha value is -2.87. The van der Waals surface area contributed by atoms with E-state index in [1.54, 1.807) is 0 Å². The van der Waals surface area contributed by atoms with E-state index in [-0.39, 0.29) is 24.0 Å². The van der Waals surface area contributed by atoms with Crippen molar-refractivity contribution in [3.63, 3.8) is 0 Å². The van der Waals surface area contributed by atoms with Crippen LogP contribution in [0.15, 0.2) is 35.3 Å². The molecule has 1 aliphatic rings. The molecular weight excluding hydrogens is 372 g/mol. The van der Waals surface area contributed by atoms with Gasteiger partial charge in [-0.3, -0.25) is 9.59 Å². The lowest BCUT2D eigenvalue weighted by molar-refractivity contribution is -0.118. The molecule has 0 atom stereocenters. The second-order valence-corrected chi connectivity index (χ2v) is 7.16. The fourth-order valence-electron chi connectivity index (χ4n) is 3.31. The molecule has 2 heterocycles. The topological polar surface area (TPSA) is 85.7 Å². The van der Waals surface area contributed by atoms with Crippen LogP contribution in [0.4, 0.5) is 11.4 Å². The Morgan fingerprint density at radius 1 is 1.28 bits per heavy atom. The first-order valence-electron chi connectivity index (χ1n) is 9.95. The molecule has 0 radical (unpaired) electrons. The number of nitrogens with one attached hydrogen (secondary N) is 1. The van der Waals surface area contributed by atoms with Gasteiger partial charge in [0, 0.05) is 19.6 Å². The normalized spacial score (nSPS) is 14.1. The second kappa shape index (κ2) is 9.56. The Kier molecular flexibility index (Phi) is 6.87. The number of aromatic nitrogens is 2. The largest absolute Gasteiger partial charge is 0.483 e. The molecule has 0 unspecified atom stereocenters. The molecule has 1 amide bonds. The van der Waals surface area contributed by atoms with Crippen LogP contribution in [0.5, 0.6) is 5.75 Å². The Morgan fingerprint density at radius 3 is 2.69 bits per heavy atom. The number of hydrogen-bond acceptors (Lipinski definition) is 6. The van der Waals surface area contributed by atoms with Gasteiger partial charge in [0.2, 0.25) is 0 Å². The van der Waals surface area contributed by atoms with Crippen molar-refractivity contribution in [1.82, 2.24) is 9.78 Å². The predicted octanol–water partition coefficient (Wildman–Crippen LogP) is 2.24. The lowest BCUT2D eigenvalue weighted by Crippen LogP contribution is -2.41. The zero-order chi connectivity index (χ0) is 20.8. The van der Waals surface area contributed by atoms with Crippen molar-refractivity contribution >= 4 is 17.3 Å². The monoisotopic (exact) mass is 400 g/mol. The van der Waals surface area contributed by atoms with E-state index in [1.807, 2.05) is 36.1 Å². The van der Waals surface area contributed by atoms with E-state index in [0.29, 0.717) is 50.0 Å². The fourth-order valence-corrected chi connectivity index (χ4v) is 3.31. The van der Waals surface area contributed by atoms with Crippen LogP contribution in [-0.2, 0) is 16.1 Å². The van der Waals surface area contributed by atoms with Gasteiger partial charge in [-0.2, -0.15) is 5.10 Å². The highest BCUT2D eigenvalue weighted by atomic mass is 16.5. The minimum Gasteiger partial charge on any atom is -0.483 e. The molecule has 29 heavy (non-hydrogen) atoms. The molecule has 0 aliphatic carbocycles. The standard InChI is InChI=1S/C21H28N4O4/c1-4-25-21(27)20(24-9-11-28-12-10-24)17(13-22-25)23-19(26)14-29-18-8-6-5-7-16(18)15(2)3/h5-8,13,15H,4,9-12,14H2,1-3H3,(H,23,26). The quantitative estimate of drug-likeness (QED) is 0.767. The molecule has 2 aromatic rings. The first-order chi connectivity index (χ1) is 14.0. The molecule has 156 valence electrons. The molecule has 8 nitrogen and oxygen atoms in total. The van der Waals surface area contributed by atoms with Crippen molar-refractivity contribution in [2.45, 2.75) is 33.2 Å². The minimum atomic E-state index is -0.339. The minimum absolute atomic E-state index is 0.150. The SMILES string of the molecule is CCn1ncc(NC(=O)COc2ccccc2C(C)C)c(N2CCOCC2)c1=O. The van der Waals surface area contributed by atoms with Gasteiger partial charge in [0.15, 0.2) is 6.61 Å². The van der Waals surface area contributed by atoms with E-state index in [2.05, 4.69) is 24.3 Å². The first kappa shape index (κ1) is 20.9. The lowest BCUT2D eigenvalue weighted by atomic mass is 10.0. The van der Waals surface area contributed by atoms with Crippen molar-refractivity contribution < 1.29 is 14.3 Å². The second-order valence-electron chi connectivity index (χ2n) is 7.16. The average molecular weight is 400 g/mol. The summed E-state index contributed by atoms with van der Waals surface area (Å²) in [6, 6.07) is 7.67. The number of aryl methyl sites for hydroxylation is 1.